The quantitative estimate of drug-likeness (QED) is 0.782. The fourth-order valence-electron chi connectivity index (χ4n) is 1.85. The Hall–Kier alpha value is -1.80. The van der Waals surface area contributed by atoms with Crippen LogP contribution in [0.1, 0.15) is 5.82 Å². The lowest BCUT2D eigenvalue weighted by Crippen LogP contribution is -2.22. The van der Waals surface area contributed by atoms with E-state index in [1.165, 1.54) is 17.1 Å². The summed E-state index contributed by atoms with van der Waals surface area (Å²) >= 11 is 4.72. The predicted molar refractivity (Wildman–Crippen MR) is 82.3 cm³/mol. The molecule has 0 aromatic carbocycles. The average Bonchev–Trinajstić information content (AvgIpc) is 2.91. The zero-order valence-electron chi connectivity index (χ0n) is 10.5. The Morgan fingerprint density at radius 3 is 3.10 bits per heavy atom. The summed E-state index contributed by atoms with van der Waals surface area (Å²) in [5.41, 5.74) is -0.152. The maximum absolute atomic E-state index is 11.9. The number of fused-ring (bicyclic) bond motifs is 1. The summed E-state index contributed by atoms with van der Waals surface area (Å²) in [7, 11) is 1.82. The minimum absolute atomic E-state index is 0.152. The standard InChI is InChI=1S/C12H10BrN5OS/c1-14-10-7-2-3-20-11(7)17-9(16-10)5-18-6-15-4-8(13)12(18)19/h2-4,6H,5H2,1H3,(H,14,16,17). The first-order valence-electron chi connectivity index (χ1n) is 5.81. The second kappa shape index (κ2) is 5.29. The van der Waals surface area contributed by atoms with Gasteiger partial charge in [0.05, 0.1) is 18.3 Å². The van der Waals surface area contributed by atoms with E-state index in [1.807, 2.05) is 18.5 Å². The highest BCUT2D eigenvalue weighted by Crippen LogP contribution is 2.24. The van der Waals surface area contributed by atoms with Crippen molar-refractivity contribution in [3.63, 3.8) is 0 Å². The predicted octanol–water partition coefficient (Wildman–Crippen LogP) is 2.10. The summed E-state index contributed by atoms with van der Waals surface area (Å²) in [4.78, 5) is 25.7. The maximum atomic E-state index is 11.9. The third-order valence-corrected chi connectivity index (χ3v) is 4.13. The minimum Gasteiger partial charge on any atom is -0.372 e. The molecule has 6 nitrogen and oxygen atoms in total. The molecule has 0 spiro atoms. The van der Waals surface area contributed by atoms with Crippen LogP contribution in [0, 0.1) is 0 Å². The molecule has 20 heavy (non-hydrogen) atoms. The van der Waals surface area contributed by atoms with E-state index >= 15 is 0 Å². The van der Waals surface area contributed by atoms with Crippen molar-refractivity contribution in [1.82, 2.24) is 19.5 Å². The van der Waals surface area contributed by atoms with Crippen molar-refractivity contribution in [3.8, 4) is 0 Å². The molecule has 102 valence electrons. The SMILES string of the molecule is CNc1nc(Cn2cncc(Br)c2=O)nc2sccc12. The number of hydrogen-bond donors (Lipinski definition) is 1. The number of halogens is 1. The number of nitrogens with one attached hydrogen (secondary N) is 1. The highest BCUT2D eigenvalue weighted by molar-refractivity contribution is 9.10. The lowest BCUT2D eigenvalue weighted by atomic mass is 10.3. The molecule has 0 fully saturated rings. The molecule has 3 heterocycles. The number of rotatable bonds is 3. The second-order valence-electron chi connectivity index (χ2n) is 4.05. The minimum atomic E-state index is -0.152. The number of hydrogen-bond acceptors (Lipinski definition) is 6. The van der Waals surface area contributed by atoms with Gasteiger partial charge in [0.15, 0.2) is 5.82 Å². The Morgan fingerprint density at radius 1 is 1.45 bits per heavy atom. The molecule has 0 unspecified atom stereocenters. The van der Waals surface area contributed by atoms with Gasteiger partial charge in [-0.05, 0) is 27.4 Å². The van der Waals surface area contributed by atoms with Gasteiger partial charge in [0.2, 0.25) is 0 Å². The molecule has 3 rings (SSSR count). The van der Waals surface area contributed by atoms with Gasteiger partial charge in [-0.1, -0.05) is 0 Å². The smallest absolute Gasteiger partial charge is 0.268 e. The first-order valence-corrected chi connectivity index (χ1v) is 7.48. The Kier molecular flexibility index (Phi) is 3.49. The van der Waals surface area contributed by atoms with Gasteiger partial charge in [0.1, 0.15) is 15.1 Å². The van der Waals surface area contributed by atoms with E-state index < -0.39 is 0 Å². The maximum Gasteiger partial charge on any atom is 0.268 e. The van der Waals surface area contributed by atoms with Crippen LogP contribution in [0.4, 0.5) is 5.82 Å². The largest absolute Gasteiger partial charge is 0.372 e. The first kappa shape index (κ1) is 13.2. The molecule has 0 atom stereocenters. The van der Waals surface area contributed by atoms with Gasteiger partial charge < -0.3 is 5.32 Å². The highest BCUT2D eigenvalue weighted by Gasteiger charge is 2.09. The van der Waals surface area contributed by atoms with Gasteiger partial charge in [-0.2, -0.15) is 0 Å². The number of nitrogens with zero attached hydrogens (tertiary/aromatic N) is 4. The molecule has 0 saturated heterocycles. The zero-order valence-corrected chi connectivity index (χ0v) is 12.9. The molecule has 0 aliphatic rings. The highest BCUT2D eigenvalue weighted by atomic mass is 79.9. The summed E-state index contributed by atoms with van der Waals surface area (Å²) in [6.07, 6.45) is 2.95. The van der Waals surface area contributed by atoms with Crippen LogP contribution < -0.4 is 10.9 Å². The molecule has 3 aromatic heterocycles. The van der Waals surface area contributed by atoms with E-state index in [0.29, 0.717) is 10.3 Å². The summed E-state index contributed by atoms with van der Waals surface area (Å²) < 4.78 is 1.89. The van der Waals surface area contributed by atoms with Crippen molar-refractivity contribution in [3.05, 3.63) is 44.6 Å². The summed E-state index contributed by atoms with van der Waals surface area (Å²) in [5.74, 6) is 1.34. The van der Waals surface area contributed by atoms with E-state index in [2.05, 4.69) is 36.2 Å². The van der Waals surface area contributed by atoms with Crippen LogP contribution in [0.25, 0.3) is 10.2 Å². The number of anilines is 1. The molecule has 8 heteroatoms. The lowest BCUT2D eigenvalue weighted by molar-refractivity contribution is 0.698. The third-order valence-electron chi connectivity index (χ3n) is 2.78. The number of aromatic nitrogens is 4. The van der Waals surface area contributed by atoms with E-state index in [9.17, 15) is 4.79 Å². The molecule has 1 N–H and O–H groups in total. The molecule has 0 amide bonds. The zero-order chi connectivity index (χ0) is 14.1. The van der Waals surface area contributed by atoms with Gasteiger partial charge in [-0.25, -0.2) is 15.0 Å². The van der Waals surface area contributed by atoms with Crippen molar-refractivity contribution >= 4 is 43.3 Å². The van der Waals surface area contributed by atoms with Crippen molar-refractivity contribution in [2.24, 2.45) is 0 Å². The molecule has 3 aromatic rings. The van der Waals surface area contributed by atoms with Crippen LogP contribution in [0.15, 0.2) is 33.2 Å². The Bertz CT molecular complexity index is 828. The normalized spacial score (nSPS) is 10.9. The van der Waals surface area contributed by atoms with Gasteiger partial charge in [0.25, 0.3) is 5.56 Å². The first-order chi connectivity index (χ1) is 9.69. The van der Waals surface area contributed by atoms with Crippen molar-refractivity contribution in [2.75, 3.05) is 12.4 Å². The van der Waals surface area contributed by atoms with Gasteiger partial charge in [-0.15, -0.1) is 11.3 Å². The summed E-state index contributed by atoms with van der Waals surface area (Å²) in [5, 5.41) is 6.01. The van der Waals surface area contributed by atoms with E-state index in [-0.39, 0.29) is 12.1 Å². The molecule has 0 aliphatic carbocycles. The van der Waals surface area contributed by atoms with Crippen molar-refractivity contribution in [1.29, 1.82) is 0 Å². The van der Waals surface area contributed by atoms with Crippen LogP contribution in [-0.4, -0.2) is 26.6 Å². The van der Waals surface area contributed by atoms with Gasteiger partial charge >= 0.3 is 0 Å². The van der Waals surface area contributed by atoms with Gasteiger partial charge in [-0.3, -0.25) is 9.36 Å². The van der Waals surface area contributed by atoms with Crippen LogP contribution in [0.3, 0.4) is 0 Å². The van der Waals surface area contributed by atoms with E-state index in [0.717, 1.165) is 16.0 Å². The molecule has 0 saturated carbocycles. The Balaban J connectivity index is 2.06. The topological polar surface area (TPSA) is 72.7 Å². The fourth-order valence-corrected chi connectivity index (χ4v) is 2.98. The lowest BCUT2D eigenvalue weighted by Gasteiger charge is -2.07. The number of thiophene rings is 1. The monoisotopic (exact) mass is 351 g/mol. The van der Waals surface area contributed by atoms with E-state index in [1.54, 1.807) is 11.3 Å². The average molecular weight is 352 g/mol. The molecule has 0 aliphatic heterocycles. The van der Waals surface area contributed by atoms with Crippen molar-refractivity contribution in [2.45, 2.75) is 6.54 Å². The molecular weight excluding hydrogens is 342 g/mol. The molecule has 0 radical (unpaired) electrons. The third kappa shape index (κ3) is 2.32. The fraction of sp³-hybridized carbons (Fsp3) is 0.167. The van der Waals surface area contributed by atoms with Crippen LogP contribution in [0.2, 0.25) is 0 Å². The van der Waals surface area contributed by atoms with E-state index in [4.69, 9.17) is 0 Å². The molecular formula is C12H10BrN5OS. The van der Waals surface area contributed by atoms with Gasteiger partial charge in [0, 0.05) is 13.2 Å². The summed E-state index contributed by atoms with van der Waals surface area (Å²) in [6, 6.07) is 1.97. The summed E-state index contributed by atoms with van der Waals surface area (Å²) in [6.45, 7) is 0.286. The van der Waals surface area contributed by atoms with Crippen LogP contribution in [0.5, 0.6) is 0 Å². The van der Waals surface area contributed by atoms with Crippen LogP contribution >= 0.6 is 27.3 Å². The molecule has 0 bridgehead atoms. The van der Waals surface area contributed by atoms with Crippen LogP contribution in [-0.2, 0) is 6.54 Å². The Labute approximate surface area is 126 Å². The van der Waals surface area contributed by atoms with Crippen molar-refractivity contribution < 1.29 is 0 Å². The Morgan fingerprint density at radius 2 is 2.30 bits per heavy atom. The second-order valence-corrected chi connectivity index (χ2v) is 5.80.